The van der Waals surface area contributed by atoms with Gasteiger partial charge in [0.2, 0.25) is 0 Å². The average Bonchev–Trinajstić information content (AvgIpc) is 2.84. The normalized spacial score (nSPS) is 24.8. The lowest BCUT2D eigenvalue weighted by atomic mass is 9.75. The molecular formula is C15H20Cl2N2O2. The molecule has 2 heterocycles. The maximum Gasteiger partial charge on any atom is 0.132 e. The predicted molar refractivity (Wildman–Crippen MR) is 87.2 cm³/mol. The minimum Gasteiger partial charge on any atom is -0.391 e. The molecule has 2 rings (SSSR count). The molecule has 0 radical (unpaired) electrons. The van der Waals surface area contributed by atoms with Crippen molar-refractivity contribution >= 4 is 35.2 Å². The Morgan fingerprint density at radius 2 is 1.71 bits per heavy atom. The van der Waals surface area contributed by atoms with Crippen molar-refractivity contribution < 1.29 is 10.2 Å². The number of allylic oxidation sites excluding steroid dienone is 1. The van der Waals surface area contributed by atoms with Crippen molar-refractivity contribution in [1.82, 2.24) is 4.57 Å². The van der Waals surface area contributed by atoms with Crippen molar-refractivity contribution in [1.29, 1.82) is 0 Å². The average molecular weight is 331 g/mol. The molecule has 116 valence electrons. The van der Waals surface area contributed by atoms with Gasteiger partial charge in [-0.2, -0.15) is 0 Å². The third kappa shape index (κ3) is 2.90. The number of nitrogens with zero attached hydrogens (tertiary/aromatic N) is 2. The Morgan fingerprint density at radius 3 is 2.10 bits per heavy atom. The molecule has 0 saturated heterocycles. The van der Waals surface area contributed by atoms with Gasteiger partial charge in [0.1, 0.15) is 5.82 Å². The summed E-state index contributed by atoms with van der Waals surface area (Å²) in [6, 6.07) is 4.05. The quantitative estimate of drug-likeness (QED) is 0.815. The van der Waals surface area contributed by atoms with E-state index in [1.54, 1.807) is 6.21 Å². The number of aliphatic hydroxyl groups is 2. The number of hydrogen-bond donors (Lipinski definition) is 2. The zero-order chi connectivity index (χ0) is 15.6. The Bertz CT molecular complexity index is 537. The molecule has 0 aliphatic carbocycles. The van der Waals surface area contributed by atoms with Crippen LogP contribution >= 0.6 is 23.2 Å². The van der Waals surface area contributed by atoms with Crippen LogP contribution in [0, 0.1) is 19.3 Å². The Morgan fingerprint density at radius 1 is 1.19 bits per heavy atom. The zero-order valence-electron chi connectivity index (χ0n) is 12.1. The largest absolute Gasteiger partial charge is 0.391 e. The Kier molecular flexibility index (Phi) is 5.15. The monoisotopic (exact) mass is 330 g/mol. The van der Waals surface area contributed by atoms with E-state index in [-0.39, 0.29) is 11.8 Å². The standard InChI is InChI=1S/C15H20Cl2N2O2/c1-10-3-4-11(2)19(10)14-5-6-15(9-18-14,12(20)7-16)13(21)8-17/h3-5,9,12-13,20-21H,6-8H2,1-2H3/t12-,13?,15?/m0/s1. The molecule has 6 heteroatoms. The van der Waals surface area contributed by atoms with Crippen LogP contribution in [0.1, 0.15) is 17.8 Å². The summed E-state index contributed by atoms with van der Waals surface area (Å²) < 4.78 is 2.03. The van der Waals surface area contributed by atoms with Gasteiger partial charge < -0.3 is 14.8 Å². The molecule has 2 unspecified atom stereocenters. The van der Waals surface area contributed by atoms with Gasteiger partial charge in [-0.05, 0) is 38.5 Å². The lowest BCUT2D eigenvalue weighted by molar-refractivity contribution is 0.000628. The van der Waals surface area contributed by atoms with E-state index in [0.717, 1.165) is 17.2 Å². The number of halogens is 2. The lowest BCUT2D eigenvalue weighted by Crippen LogP contribution is -2.49. The van der Waals surface area contributed by atoms with Gasteiger partial charge in [-0.1, -0.05) is 0 Å². The fraction of sp³-hybridized carbons (Fsp3) is 0.533. The van der Waals surface area contributed by atoms with Gasteiger partial charge in [-0.25, -0.2) is 4.99 Å². The maximum atomic E-state index is 10.2. The van der Waals surface area contributed by atoms with Crippen LogP contribution in [0.25, 0.3) is 5.82 Å². The summed E-state index contributed by atoms with van der Waals surface area (Å²) in [4.78, 5) is 4.45. The fourth-order valence-electron chi connectivity index (χ4n) is 2.69. The van der Waals surface area contributed by atoms with Gasteiger partial charge in [-0.15, -0.1) is 23.2 Å². The van der Waals surface area contributed by atoms with E-state index in [9.17, 15) is 10.2 Å². The third-order valence-corrected chi connectivity index (χ3v) is 4.69. The molecule has 21 heavy (non-hydrogen) atoms. The van der Waals surface area contributed by atoms with Crippen LogP contribution in [0.5, 0.6) is 0 Å². The van der Waals surface area contributed by atoms with Crippen molar-refractivity contribution in [3.63, 3.8) is 0 Å². The van der Waals surface area contributed by atoms with Gasteiger partial charge in [0.25, 0.3) is 0 Å². The first-order chi connectivity index (χ1) is 9.96. The molecular weight excluding hydrogens is 311 g/mol. The number of alkyl halides is 2. The SMILES string of the molecule is Cc1ccc(C)n1C1=CCC(C(O)CCl)([C@@H](O)CCl)C=N1. The summed E-state index contributed by atoms with van der Waals surface area (Å²) in [5, 5.41) is 20.4. The van der Waals surface area contributed by atoms with Crippen LogP contribution < -0.4 is 0 Å². The highest BCUT2D eigenvalue weighted by atomic mass is 35.5. The molecule has 1 aromatic heterocycles. The maximum absolute atomic E-state index is 10.2. The van der Waals surface area contributed by atoms with Crippen molar-refractivity contribution in [2.45, 2.75) is 32.5 Å². The van der Waals surface area contributed by atoms with Gasteiger partial charge in [-0.3, -0.25) is 0 Å². The van der Waals surface area contributed by atoms with Gasteiger partial charge in [0.05, 0.1) is 17.6 Å². The van der Waals surface area contributed by atoms with Crippen LogP contribution in [-0.4, -0.2) is 45.0 Å². The first-order valence-electron chi connectivity index (χ1n) is 6.85. The molecule has 1 aromatic rings. The van der Waals surface area contributed by atoms with Crippen LogP contribution in [0.2, 0.25) is 0 Å². The second-order valence-corrected chi connectivity index (χ2v) is 6.05. The third-order valence-electron chi connectivity index (χ3n) is 4.11. The second-order valence-electron chi connectivity index (χ2n) is 5.43. The molecule has 0 amide bonds. The van der Waals surface area contributed by atoms with Crippen molar-refractivity contribution in [2.24, 2.45) is 10.4 Å². The molecule has 2 N–H and O–H groups in total. The summed E-state index contributed by atoms with van der Waals surface area (Å²) >= 11 is 11.5. The topological polar surface area (TPSA) is 57.8 Å². The van der Waals surface area contributed by atoms with E-state index in [4.69, 9.17) is 23.2 Å². The highest BCUT2D eigenvalue weighted by Crippen LogP contribution is 2.36. The first-order valence-corrected chi connectivity index (χ1v) is 7.92. The highest BCUT2D eigenvalue weighted by molar-refractivity contribution is 6.19. The number of rotatable bonds is 5. The molecule has 0 spiro atoms. The highest BCUT2D eigenvalue weighted by Gasteiger charge is 2.43. The Hall–Kier alpha value is -0.810. The Labute approximate surface area is 134 Å². The van der Waals surface area contributed by atoms with Crippen LogP contribution in [-0.2, 0) is 0 Å². The number of aromatic nitrogens is 1. The van der Waals surface area contributed by atoms with E-state index in [2.05, 4.69) is 4.99 Å². The van der Waals surface area contributed by atoms with E-state index in [1.165, 1.54) is 0 Å². The van der Waals surface area contributed by atoms with E-state index < -0.39 is 17.6 Å². The summed E-state index contributed by atoms with van der Waals surface area (Å²) in [7, 11) is 0. The second kappa shape index (κ2) is 6.53. The smallest absolute Gasteiger partial charge is 0.132 e. The Balaban J connectivity index is 2.34. The summed E-state index contributed by atoms with van der Waals surface area (Å²) in [6.07, 6.45) is 2.14. The van der Waals surface area contributed by atoms with E-state index in [1.807, 2.05) is 36.6 Å². The van der Waals surface area contributed by atoms with Crippen molar-refractivity contribution in [3.05, 3.63) is 29.6 Å². The molecule has 0 aromatic carbocycles. The molecule has 3 atom stereocenters. The minimum atomic E-state index is -0.929. The summed E-state index contributed by atoms with van der Waals surface area (Å²) in [5.74, 6) is 0.823. The van der Waals surface area contributed by atoms with Crippen molar-refractivity contribution in [3.8, 4) is 0 Å². The number of aryl methyl sites for hydroxylation is 2. The fourth-order valence-corrected chi connectivity index (χ4v) is 3.27. The number of hydrogen-bond acceptors (Lipinski definition) is 3. The molecule has 0 bridgehead atoms. The van der Waals surface area contributed by atoms with E-state index in [0.29, 0.717) is 6.42 Å². The first kappa shape index (κ1) is 16.6. The van der Waals surface area contributed by atoms with E-state index >= 15 is 0 Å². The molecule has 0 fully saturated rings. The summed E-state index contributed by atoms with van der Waals surface area (Å²) in [6.45, 7) is 4.01. The molecule has 1 aliphatic heterocycles. The zero-order valence-corrected chi connectivity index (χ0v) is 13.6. The van der Waals surface area contributed by atoms with Crippen LogP contribution in [0.3, 0.4) is 0 Å². The van der Waals surface area contributed by atoms with Crippen LogP contribution in [0.15, 0.2) is 23.2 Å². The van der Waals surface area contributed by atoms with Gasteiger partial charge in [0.15, 0.2) is 0 Å². The molecule has 4 nitrogen and oxygen atoms in total. The number of aliphatic hydroxyl groups excluding tert-OH is 2. The summed E-state index contributed by atoms with van der Waals surface area (Å²) in [5.41, 5.74) is 1.24. The molecule has 1 aliphatic rings. The minimum absolute atomic E-state index is 0.0186. The van der Waals surface area contributed by atoms with Gasteiger partial charge >= 0.3 is 0 Å². The van der Waals surface area contributed by atoms with Crippen LogP contribution in [0.4, 0.5) is 0 Å². The molecule has 0 saturated carbocycles. The lowest BCUT2D eigenvalue weighted by Gasteiger charge is -2.38. The predicted octanol–water partition coefficient (Wildman–Crippen LogP) is 2.56. The number of aliphatic imine (C=N–C) groups is 1. The van der Waals surface area contributed by atoms with Gasteiger partial charge in [0, 0.05) is 29.4 Å². The van der Waals surface area contributed by atoms with Crippen molar-refractivity contribution in [2.75, 3.05) is 11.8 Å².